The molecule has 0 aromatic rings. The second-order valence-corrected chi connectivity index (χ2v) is 5.65. The van der Waals surface area contributed by atoms with E-state index in [1.165, 1.54) is 0 Å². The van der Waals surface area contributed by atoms with Crippen LogP contribution in [0.2, 0.25) is 0 Å². The van der Waals surface area contributed by atoms with Crippen molar-refractivity contribution in [3.8, 4) is 0 Å². The van der Waals surface area contributed by atoms with Gasteiger partial charge in [0.25, 0.3) is 0 Å². The molecule has 5 heteroatoms. The van der Waals surface area contributed by atoms with Gasteiger partial charge in [-0.2, -0.15) is 0 Å². The van der Waals surface area contributed by atoms with Crippen LogP contribution < -0.4 is 0 Å². The Hall–Kier alpha value is 0.180. The van der Waals surface area contributed by atoms with Gasteiger partial charge < -0.3 is 9.05 Å². The molecule has 0 saturated heterocycles. The smallest absolute Gasteiger partial charge is 0.309 e. The van der Waals surface area contributed by atoms with Crippen LogP contribution in [-0.4, -0.2) is 19.4 Å². The molecule has 0 amide bonds. The van der Waals surface area contributed by atoms with Gasteiger partial charge in [-0.05, 0) is 27.2 Å². The van der Waals surface area contributed by atoms with Crippen LogP contribution in [0, 0.1) is 0 Å². The Morgan fingerprint density at radius 3 is 2.00 bits per heavy atom. The Kier molecular flexibility index (Phi) is 7.54. The molecule has 15 heavy (non-hydrogen) atoms. The third-order valence-corrected chi connectivity index (χ3v) is 4.63. The molecule has 0 saturated carbocycles. The summed E-state index contributed by atoms with van der Waals surface area (Å²) in [5.41, 5.74) is 1.02. The number of hydrogen-bond acceptors (Lipinski definition) is 3. The minimum atomic E-state index is -3.03. The zero-order valence-electron chi connectivity index (χ0n) is 9.88. The van der Waals surface area contributed by atoms with Gasteiger partial charge in [0.15, 0.2) is 0 Å². The molecule has 0 aliphatic heterocycles. The van der Waals surface area contributed by atoms with E-state index in [9.17, 15) is 4.57 Å². The van der Waals surface area contributed by atoms with Gasteiger partial charge in [0.05, 0.1) is 19.4 Å². The van der Waals surface area contributed by atoms with Crippen molar-refractivity contribution in [3.63, 3.8) is 0 Å². The summed E-state index contributed by atoms with van der Waals surface area (Å²) in [6.07, 6.45) is 1.02. The zero-order chi connectivity index (χ0) is 11.9. The molecular formula is C10H20ClO3P. The first-order valence-corrected chi connectivity index (χ1v) is 7.31. The predicted octanol–water partition coefficient (Wildman–Crippen LogP) is 4.18. The lowest BCUT2D eigenvalue weighted by Gasteiger charge is -2.17. The van der Waals surface area contributed by atoms with Crippen LogP contribution in [0.15, 0.2) is 10.6 Å². The fourth-order valence-electron chi connectivity index (χ4n) is 1.02. The van der Waals surface area contributed by atoms with E-state index in [1.807, 2.05) is 13.8 Å². The zero-order valence-corrected chi connectivity index (χ0v) is 11.5. The SMILES string of the molecule is CCOP(=O)(C/C(Cl)=C(/C)CC)OCC. The van der Waals surface area contributed by atoms with Gasteiger partial charge in [-0.15, -0.1) is 0 Å². The third kappa shape index (κ3) is 5.72. The molecule has 90 valence electrons. The molecule has 0 aromatic heterocycles. The van der Waals surface area contributed by atoms with Crippen LogP contribution in [0.1, 0.15) is 34.1 Å². The lowest BCUT2D eigenvalue weighted by Crippen LogP contribution is -2.01. The molecule has 0 heterocycles. The molecule has 0 rings (SSSR count). The summed E-state index contributed by atoms with van der Waals surface area (Å²) in [4.78, 5) is 0. The van der Waals surface area contributed by atoms with Crippen molar-refractivity contribution in [2.45, 2.75) is 34.1 Å². The Morgan fingerprint density at radius 2 is 1.67 bits per heavy atom. The van der Waals surface area contributed by atoms with Gasteiger partial charge in [-0.1, -0.05) is 24.1 Å². The van der Waals surface area contributed by atoms with Gasteiger partial charge in [0, 0.05) is 5.03 Å². The minimum absolute atomic E-state index is 0.176. The highest BCUT2D eigenvalue weighted by molar-refractivity contribution is 7.54. The van der Waals surface area contributed by atoms with Gasteiger partial charge in [0.2, 0.25) is 0 Å². The number of allylic oxidation sites excluding steroid dienone is 2. The van der Waals surface area contributed by atoms with Crippen molar-refractivity contribution >= 4 is 19.2 Å². The maximum atomic E-state index is 12.1. The van der Waals surface area contributed by atoms with Gasteiger partial charge >= 0.3 is 7.60 Å². The topological polar surface area (TPSA) is 35.5 Å². The molecule has 0 unspecified atom stereocenters. The quantitative estimate of drug-likeness (QED) is 0.640. The van der Waals surface area contributed by atoms with E-state index in [-0.39, 0.29) is 6.16 Å². The summed E-state index contributed by atoms with van der Waals surface area (Å²) in [6, 6.07) is 0. The molecule has 0 fully saturated rings. The van der Waals surface area contributed by atoms with Crippen LogP contribution in [-0.2, 0) is 13.6 Å². The van der Waals surface area contributed by atoms with Crippen molar-refractivity contribution in [3.05, 3.63) is 10.6 Å². The molecule has 0 atom stereocenters. The standard InChI is InChI=1S/C10H20ClO3P/c1-5-9(4)10(11)8-15(12,13-6-2)14-7-3/h5-8H2,1-4H3/b10-9+. The van der Waals surface area contributed by atoms with Gasteiger partial charge in [-0.3, -0.25) is 4.57 Å². The van der Waals surface area contributed by atoms with Crippen LogP contribution >= 0.6 is 19.2 Å². The average molecular weight is 255 g/mol. The van der Waals surface area contributed by atoms with Crippen molar-refractivity contribution in [1.29, 1.82) is 0 Å². The van der Waals surface area contributed by atoms with E-state index >= 15 is 0 Å². The van der Waals surface area contributed by atoms with Crippen LogP contribution in [0.3, 0.4) is 0 Å². The first-order valence-electron chi connectivity index (χ1n) is 5.21. The number of hydrogen-bond donors (Lipinski definition) is 0. The van der Waals surface area contributed by atoms with Crippen LogP contribution in [0.4, 0.5) is 0 Å². The number of halogens is 1. The average Bonchev–Trinajstić information content (AvgIpc) is 2.16. The van der Waals surface area contributed by atoms with Crippen molar-refractivity contribution in [2.24, 2.45) is 0 Å². The maximum absolute atomic E-state index is 12.1. The Bertz CT molecular complexity index is 253. The molecule has 0 radical (unpaired) electrons. The molecule has 0 aliphatic carbocycles. The highest BCUT2D eigenvalue weighted by Gasteiger charge is 2.25. The second kappa shape index (κ2) is 7.45. The van der Waals surface area contributed by atoms with E-state index in [4.69, 9.17) is 20.6 Å². The summed E-state index contributed by atoms with van der Waals surface area (Å²) in [5, 5.41) is 0.586. The summed E-state index contributed by atoms with van der Waals surface area (Å²) in [7, 11) is -3.03. The van der Waals surface area contributed by atoms with E-state index in [0.717, 1.165) is 12.0 Å². The van der Waals surface area contributed by atoms with Crippen molar-refractivity contribution in [1.82, 2.24) is 0 Å². The molecule has 0 spiro atoms. The third-order valence-electron chi connectivity index (χ3n) is 1.98. The van der Waals surface area contributed by atoms with E-state index < -0.39 is 7.60 Å². The van der Waals surface area contributed by atoms with E-state index in [0.29, 0.717) is 18.2 Å². The van der Waals surface area contributed by atoms with Gasteiger partial charge in [-0.25, -0.2) is 0 Å². The van der Waals surface area contributed by atoms with Crippen molar-refractivity contribution < 1.29 is 13.6 Å². The summed E-state index contributed by atoms with van der Waals surface area (Å²) in [5.74, 6) is 0. The predicted molar refractivity (Wildman–Crippen MR) is 64.6 cm³/mol. The molecule has 0 aliphatic rings. The molecule has 0 N–H and O–H groups in total. The highest BCUT2D eigenvalue weighted by Crippen LogP contribution is 2.50. The van der Waals surface area contributed by atoms with Crippen LogP contribution in [0.25, 0.3) is 0 Å². The molecule has 0 aromatic carbocycles. The number of rotatable bonds is 7. The van der Waals surface area contributed by atoms with Crippen LogP contribution in [0.5, 0.6) is 0 Å². The summed E-state index contributed by atoms with van der Waals surface area (Å²) in [6.45, 7) is 8.24. The molecular weight excluding hydrogens is 235 g/mol. The fraction of sp³-hybridized carbons (Fsp3) is 0.800. The van der Waals surface area contributed by atoms with E-state index in [2.05, 4.69) is 0 Å². The monoisotopic (exact) mass is 254 g/mol. The Morgan fingerprint density at radius 1 is 1.20 bits per heavy atom. The minimum Gasteiger partial charge on any atom is -0.309 e. The van der Waals surface area contributed by atoms with E-state index in [1.54, 1.807) is 13.8 Å². The lowest BCUT2D eigenvalue weighted by atomic mass is 10.2. The Balaban J connectivity index is 4.61. The second-order valence-electron chi connectivity index (χ2n) is 3.14. The van der Waals surface area contributed by atoms with Crippen molar-refractivity contribution in [2.75, 3.05) is 19.4 Å². The lowest BCUT2D eigenvalue weighted by molar-refractivity contribution is 0.222. The normalized spacial score (nSPS) is 13.9. The molecule has 3 nitrogen and oxygen atoms in total. The first-order chi connectivity index (χ1) is 6.99. The Labute approximate surface area is 97.3 Å². The molecule has 0 bridgehead atoms. The largest absolute Gasteiger partial charge is 0.335 e. The maximum Gasteiger partial charge on any atom is 0.335 e. The summed E-state index contributed by atoms with van der Waals surface area (Å²) >= 11 is 6.03. The highest BCUT2D eigenvalue weighted by atomic mass is 35.5. The first kappa shape index (κ1) is 15.2. The summed E-state index contributed by atoms with van der Waals surface area (Å²) < 4.78 is 22.4. The van der Waals surface area contributed by atoms with Gasteiger partial charge in [0.1, 0.15) is 0 Å². The fourth-order valence-corrected chi connectivity index (χ4v) is 3.25.